The Labute approximate surface area is 209 Å². The van der Waals surface area contributed by atoms with Gasteiger partial charge in [0, 0.05) is 38.6 Å². The number of rotatable bonds is 11. The molecule has 0 atom stereocenters. The molecule has 2 heterocycles. The van der Waals surface area contributed by atoms with Crippen molar-refractivity contribution in [3.63, 3.8) is 0 Å². The van der Waals surface area contributed by atoms with E-state index in [4.69, 9.17) is 9.15 Å². The normalized spacial score (nSPS) is 16.9. The van der Waals surface area contributed by atoms with Gasteiger partial charge in [-0.05, 0) is 43.9 Å². The predicted molar refractivity (Wildman–Crippen MR) is 135 cm³/mol. The maximum absolute atomic E-state index is 13.6. The van der Waals surface area contributed by atoms with Crippen molar-refractivity contribution in [2.75, 3.05) is 52.5 Å². The number of amides is 2. The molecule has 0 bridgehead atoms. The summed E-state index contributed by atoms with van der Waals surface area (Å²) in [4.78, 5) is 33.0. The van der Waals surface area contributed by atoms with Crippen molar-refractivity contribution in [1.29, 1.82) is 0 Å². The Kier molecular flexibility index (Phi) is 9.37. The van der Waals surface area contributed by atoms with Gasteiger partial charge in [-0.2, -0.15) is 0 Å². The third kappa shape index (κ3) is 7.67. The lowest BCUT2D eigenvalue weighted by Crippen LogP contribution is -2.48. The number of carbonyl (C=O) groups excluding carboxylic acids is 2. The minimum Gasteiger partial charge on any atom is -0.464 e. The predicted octanol–water partition coefficient (Wildman–Crippen LogP) is 3.51. The van der Waals surface area contributed by atoms with Crippen LogP contribution in [0.25, 0.3) is 0 Å². The van der Waals surface area contributed by atoms with Gasteiger partial charge in [0.2, 0.25) is 11.8 Å². The molecule has 1 aromatic heterocycles. The topological polar surface area (TPSA) is 66.2 Å². The molecular weight excluding hydrogens is 442 g/mol. The lowest BCUT2D eigenvalue weighted by atomic mass is 10.1. The number of carbonyl (C=O) groups is 2. The van der Waals surface area contributed by atoms with Gasteiger partial charge in [0.15, 0.2) is 0 Å². The summed E-state index contributed by atoms with van der Waals surface area (Å²) in [5.41, 5.74) is 1.19. The van der Waals surface area contributed by atoms with Gasteiger partial charge < -0.3 is 19.0 Å². The van der Waals surface area contributed by atoms with Crippen LogP contribution in [-0.2, 0) is 27.3 Å². The highest BCUT2D eigenvalue weighted by atomic mass is 16.5. The van der Waals surface area contributed by atoms with Crippen LogP contribution in [0.3, 0.4) is 0 Å². The minimum atomic E-state index is -0.0247. The van der Waals surface area contributed by atoms with Crippen molar-refractivity contribution in [3.8, 4) is 0 Å². The van der Waals surface area contributed by atoms with Gasteiger partial charge in [-0.3, -0.25) is 14.5 Å². The van der Waals surface area contributed by atoms with E-state index in [0.717, 1.165) is 76.5 Å². The highest BCUT2D eigenvalue weighted by molar-refractivity contribution is 5.86. The van der Waals surface area contributed by atoms with E-state index in [1.165, 1.54) is 5.56 Å². The number of nitrogens with zero attached hydrogens (tertiary/aromatic N) is 3. The first-order valence-electron chi connectivity index (χ1n) is 13.0. The van der Waals surface area contributed by atoms with Gasteiger partial charge >= 0.3 is 0 Å². The van der Waals surface area contributed by atoms with Crippen molar-refractivity contribution < 1.29 is 18.7 Å². The van der Waals surface area contributed by atoms with E-state index in [-0.39, 0.29) is 24.3 Å². The van der Waals surface area contributed by atoms with Gasteiger partial charge in [0.1, 0.15) is 11.5 Å². The highest BCUT2D eigenvalue weighted by Crippen LogP contribution is 2.26. The van der Waals surface area contributed by atoms with Crippen molar-refractivity contribution in [2.24, 2.45) is 5.92 Å². The number of aryl methyl sites for hydroxylation is 1. The lowest BCUT2D eigenvalue weighted by molar-refractivity contribution is -0.143. The SMILES string of the molecule is Cc1ccc(CN(CCc2ccccc2)C(=O)CN(CCN2CCOCC2)C(=O)C2CCCC2)o1. The average Bonchev–Trinajstić information content (AvgIpc) is 3.57. The molecule has 190 valence electrons. The van der Waals surface area contributed by atoms with Crippen LogP contribution in [0.5, 0.6) is 0 Å². The number of morpholine rings is 1. The fourth-order valence-corrected chi connectivity index (χ4v) is 5.01. The summed E-state index contributed by atoms with van der Waals surface area (Å²) in [5, 5.41) is 0. The van der Waals surface area contributed by atoms with Gasteiger partial charge in [0.25, 0.3) is 0 Å². The summed E-state index contributed by atoms with van der Waals surface area (Å²) < 4.78 is 11.2. The highest BCUT2D eigenvalue weighted by Gasteiger charge is 2.30. The van der Waals surface area contributed by atoms with E-state index in [1.807, 2.05) is 47.1 Å². The summed E-state index contributed by atoms with van der Waals surface area (Å²) in [6.07, 6.45) is 4.83. The fraction of sp³-hybridized carbons (Fsp3) is 0.571. The minimum absolute atomic E-state index is 0.0247. The van der Waals surface area contributed by atoms with E-state index >= 15 is 0 Å². The molecule has 1 aliphatic heterocycles. The number of ether oxygens (including phenoxy) is 1. The molecule has 2 amide bonds. The van der Waals surface area contributed by atoms with E-state index in [9.17, 15) is 9.59 Å². The standard InChI is InChI=1S/C28H39N3O4/c1-23-11-12-26(35-23)21-30(14-13-24-7-3-2-4-8-24)27(32)22-31(28(33)25-9-5-6-10-25)16-15-29-17-19-34-20-18-29/h2-4,7-8,11-12,25H,5-6,9-10,13-22H2,1H3. The number of hydrogen-bond acceptors (Lipinski definition) is 5. The largest absolute Gasteiger partial charge is 0.464 e. The molecule has 4 rings (SSSR count). The molecule has 7 nitrogen and oxygen atoms in total. The zero-order valence-corrected chi connectivity index (χ0v) is 21.0. The van der Waals surface area contributed by atoms with E-state index < -0.39 is 0 Å². The summed E-state index contributed by atoms with van der Waals surface area (Å²) >= 11 is 0. The Morgan fingerprint density at radius 1 is 0.971 bits per heavy atom. The van der Waals surface area contributed by atoms with Gasteiger partial charge in [-0.1, -0.05) is 43.2 Å². The fourth-order valence-electron chi connectivity index (χ4n) is 5.01. The quantitative estimate of drug-likeness (QED) is 0.491. The maximum Gasteiger partial charge on any atom is 0.242 e. The summed E-state index contributed by atoms with van der Waals surface area (Å²) in [5.74, 6) is 1.77. The van der Waals surface area contributed by atoms with Crippen molar-refractivity contribution >= 4 is 11.8 Å². The first-order chi connectivity index (χ1) is 17.1. The molecule has 0 spiro atoms. The van der Waals surface area contributed by atoms with Crippen molar-refractivity contribution in [3.05, 3.63) is 59.5 Å². The Morgan fingerprint density at radius 3 is 2.40 bits per heavy atom. The molecule has 0 radical (unpaired) electrons. The molecule has 0 N–H and O–H groups in total. The molecular formula is C28H39N3O4. The summed E-state index contributed by atoms with van der Waals surface area (Å²) in [6.45, 7) is 7.58. The summed E-state index contributed by atoms with van der Waals surface area (Å²) in [7, 11) is 0. The monoisotopic (exact) mass is 481 g/mol. The van der Waals surface area contributed by atoms with Crippen LogP contribution in [-0.4, -0.2) is 79.0 Å². The molecule has 1 saturated heterocycles. The number of hydrogen-bond donors (Lipinski definition) is 0. The molecule has 1 aromatic carbocycles. The van der Waals surface area contributed by atoms with E-state index in [1.54, 1.807) is 0 Å². The number of benzene rings is 1. The van der Waals surface area contributed by atoms with Crippen LogP contribution in [0.1, 0.15) is 42.8 Å². The Balaban J connectivity index is 1.44. The van der Waals surface area contributed by atoms with Crippen LogP contribution < -0.4 is 0 Å². The smallest absolute Gasteiger partial charge is 0.242 e. The maximum atomic E-state index is 13.6. The molecule has 7 heteroatoms. The van der Waals surface area contributed by atoms with Gasteiger partial charge in [0.05, 0.1) is 26.3 Å². The molecule has 35 heavy (non-hydrogen) atoms. The van der Waals surface area contributed by atoms with Crippen LogP contribution in [0.4, 0.5) is 0 Å². The second-order valence-corrected chi connectivity index (χ2v) is 9.76. The van der Waals surface area contributed by atoms with Crippen LogP contribution in [0.2, 0.25) is 0 Å². The molecule has 2 fully saturated rings. The second kappa shape index (κ2) is 12.9. The van der Waals surface area contributed by atoms with Crippen LogP contribution >= 0.6 is 0 Å². The van der Waals surface area contributed by atoms with Crippen molar-refractivity contribution in [1.82, 2.24) is 14.7 Å². The van der Waals surface area contributed by atoms with Gasteiger partial charge in [-0.25, -0.2) is 0 Å². The lowest BCUT2D eigenvalue weighted by Gasteiger charge is -2.32. The zero-order valence-electron chi connectivity index (χ0n) is 21.0. The van der Waals surface area contributed by atoms with Crippen LogP contribution in [0, 0.1) is 12.8 Å². The summed E-state index contributed by atoms with van der Waals surface area (Å²) in [6, 6.07) is 14.1. The van der Waals surface area contributed by atoms with Crippen LogP contribution in [0.15, 0.2) is 46.9 Å². The third-order valence-corrected chi connectivity index (χ3v) is 7.14. The Morgan fingerprint density at radius 2 is 1.71 bits per heavy atom. The second-order valence-electron chi connectivity index (χ2n) is 9.76. The molecule has 1 saturated carbocycles. The van der Waals surface area contributed by atoms with E-state index in [2.05, 4.69) is 17.0 Å². The van der Waals surface area contributed by atoms with Crippen molar-refractivity contribution in [2.45, 2.75) is 45.6 Å². The molecule has 1 aliphatic carbocycles. The molecule has 2 aromatic rings. The number of furan rings is 1. The van der Waals surface area contributed by atoms with Gasteiger partial charge in [-0.15, -0.1) is 0 Å². The Bertz CT molecular complexity index is 933. The Hall–Kier alpha value is -2.64. The average molecular weight is 482 g/mol. The molecule has 0 unspecified atom stereocenters. The van der Waals surface area contributed by atoms with E-state index in [0.29, 0.717) is 19.6 Å². The molecule has 2 aliphatic rings. The third-order valence-electron chi connectivity index (χ3n) is 7.14. The first-order valence-corrected chi connectivity index (χ1v) is 13.0. The zero-order chi connectivity index (χ0) is 24.5. The first kappa shape index (κ1) is 25.5.